The fraction of sp³-hybridized carbons (Fsp3) is 0.385. The Balaban J connectivity index is 1.82. The van der Waals surface area contributed by atoms with Crippen molar-refractivity contribution in [1.82, 2.24) is 20.3 Å². The summed E-state index contributed by atoms with van der Waals surface area (Å²) in [6.07, 6.45) is 7.63. The Morgan fingerprint density at radius 2 is 2.11 bits per heavy atom. The second-order valence-corrected chi connectivity index (χ2v) is 4.62. The van der Waals surface area contributed by atoms with Crippen LogP contribution in [0.5, 0.6) is 0 Å². The van der Waals surface area contributed by atoms with Crippen LogP contribution in [0.15, 0.2) is 30.9 Å². The van der Waals surface area contributed by atoms with Gasteiger partial charge in [-0.25, -0.2) is 9.97 Å². The lowest BCUT2D eigenvalue weighted by Crippen LogP contribution is -2.50. The molecule has 0 bridgehead atoms. The van der Waals surface area contributed by atoms with E-state index in [0.717, 1.165) is 36.7 Å². The zero-order valence-electron chi connectivity index (χ0n) is 10.4. The molecule has 1 saturated heterocycles. The van der Waals surface area contributed by atoms with E-state index in [9.17, 15) is 0 Å². The molecule has 0 aromatic carbocycles. The van der Waals surface area contributed by atoms with Crippen LogP contribution >= 0.6 is 0 Å². The maximum atomic E-state index is 4.48. The van der Waals surface area contributed by atoms with Crippen molar-refractivity contribution in [2.75, 3.05) is 24.5 Å². The minimum absolute atomic E-state index is 0.442. The van der Waals surface area contributed by atoms with Gasteiger partial charge in [-0.05, 0) is 13.0 Å². The van der Waals surface area contributed by atoms with E-state index >= 15 is 0 Å². The molecule has 5 nitrogen and oxygen atoms in total. The molecule has 1 atom stereocenters. The highest BCUT2D eigenvalue weighted by atomic mass is 15.3. The van der Waals surface area contributed by atoms with Gasteiger partial charge < -0.3 is 15.2 Å². The molecular weight excluding hydrogens is 226 g/mol. The third-order valence-corrected chi connectivity index (χ3v) is 3.33. The van der Waals surface area contributed by atoms with Gasteiger partial charge in [0.05, 0.1) is 0 Å². The number of nitrogens with one attached hydrogen (secondary N) is 2. The lowest BCUT2D eigenvalue weighted by Gasteiger charge is -2.33. The average Bonchev–Trinajstić information content (AvgIpc) is 2.94. The Labute approximate surface area is 106 Å². The predicted molar refractivity (Wildman–Crippen MR) is 71.5 cm³/mol. The minimum atomic E-state index is 0.442. The molecule has 0 radical (unpaired) electrons. The summed E-state index contributed by atoms with van der Waals surface area (Å²) in [6.45, 7) is 5.14. The lowest BCUT2D eigenvalue weighted by atomic mass is 10.2. The van der Waals surface area contributed by atoms with Gasteiger partial charge in [-0.15, -0.1) is 0 Å². The molecule has 3 rings (SSSR count). The molecule has 0 amide bonds. The van der Waals surface area contributed by atoms with Crippen LogP contribution in [-0.4, -0.2) is 40.6 Å². The normalized spacial score (nSPS) is 20.1. The van der Waals surface area contributed by atoms with Gasteiger partial charge in [-0.2, -0.15) is 0 Å². The summed E-state index contributed by atoms with van der Waals surface area (Å²) in [7, 11) is 0. The van der Waals surface area contributed by atoms with Gasteiger partial charge in [-0.3, -0.25) is 0 Å². The van der Waals surface area contributed by atoms with E-state index < -0.39 is 0 Å². The standard InChI is InChI=1S/C13H17N5/c1-10-6-15-4-5-18(10)13-16-8-12(9-17-13)11-2-3-14-7-11/h2-3,7-10,14-15H,4-6H2,1H3. The molecule has 3 heterocycles. The molecule has 1 aliphatic heterocycles. The van der Waals surface area contributed by atoms with Crippen molar-refractivity contribution < 1.29 is 0 Å². The maximum absolute atomic E-state index is 4.48. The van der Waals surface area contributed by atoms with Gasteiger partial charge in [0.15, 0.2) is 0 Å². The zero-order valence-corrected chi connectivity index (χ0v) is 10.4. The number of hydrogen-bond donors (Lipinski definition) is 2. The van der Waals surface area contributed by atoms with Gasteiger partial charge >= 0.3 is 0 Å². The molecule has 1 fully saturated rings. The summed E-state index contributed by atoms with van der Waals surface area (Å²) >= 11 is 0. The fourth-order valence-corrected chi connectivity index (χ4v) is 2.26. The van der Waals surface area contributed by atoms with Gasteiger partial charge in [-0.1, -0.05) is 0 Å². The predicted octanol–water partition coefficient (Wildman–Crippen LogP) is 1.27. The molecule has 5 heteroatoms. The van der Waals surface area contributed by atoms with E-state index in [1.165, 1.54) is 0 Å². The van der Waals surface area contributed by atoms with Crippen LogP contribution in [0.4, 0.5) is 5.95 Å². The quantitative estimate of drug-likeness (QED) is 0.834. The zero-order chi connectivity index (χ0) is 12.4. The number of aromatic amines is 1. The first-order valence-electron chi connectivity index (χ1n) is 6.27. The van der Waals surface area contributed by atoms with Crippen molar-refractivity contribution in [1.29, 1.82) is 0 Å². The molecule has 94 valence electrons. The number of nitrogens with zero attached hydrogens (tertiary/aromatic N) is 3. The van der Waals surface area contributed by atoms with Crippen molar-refractivity contribution in [2.24, 2.45) is 0 Å². The molecule has 0 saturated carbocycles. The molecule has 2 aromatic rings. The Morgan fingerprint density at radius 1 is 1.28 bits per heavy atom. The van der Waals surface area contributed by atoms with E-state index in [1.54, 1.807) is 0 Å². The third kappa shape index (κ3) is 2.09. The van der Waals surface area contributed by atoms with Crippen molar-refractivity contribution in [3.63, 3.8) is 0 Å². The average molecular weight is 243 g/mol. The van der Waals surface area contributed by atoms with E-state index in [-0.39, 0.29) is 0 Å². The SMILES string of the molecule is CC1CNCCN1c1ncc(-c2cc[nH]c2)cn1. The topological polar surface area (TPSA) is 56.8 Å². The van der Waals surface area contributed by atoms with Crippen molar-refractivity contribution >= 4 is 5.95 Å². The van der Waals surface area contributed by atoms with Crippen molar-refractivity contribution in [3.8, 4) is 11.1 Å². The first kappa shape index (κ1) is 11.2. The second-order valence-electron chi connectivity index (χ2n) is 4.62. The molecule has 0 spiro atoms. The number of H-pyrrole nitrogens is 1. The van der Waals surface area contributed by atoms with Gasteiger partial charge in [0, 0.05) is 61.6 Å². The van der Waals surface area contributed by atoms with Crippen molar-refractivity contribution in [2.45, 2.75) is 13.0 Å². The number of anilines is 1. The van der Waals surface area contributed by atoms with Crippen molar-refractivity contribution in [3.05, 3.63) is 30.9 Å². The second kappa shape index (κ2) is 4.78. The Kier molecular flexibility index (Phi) is 2.98. The van der Waals surface area contributed by atoms with Gasteiger partial charge in [0.2, 0.25) is 5.95 Å². The fourth-order valence-electron chi connectivity index (χ4n) is 2.26. The number of rotatable bonds is 2. The van der Waals surface area contributed by atoms with Crippen LogP contribution in [0, 0.1) is 0 Å². The van der Waals surface area contributed by atoms with Gasteiger partial charge in [0.1, 0.15) is 0 Å². The van der Waals surface area contributed by atoms with E-state index in [2.05, 4.69) is 32.1 Å². The lowest BCUT2D eigenvalue weighted by molar-refractivity contribution is 0.493. The molecule has 2 N–H and O–H groups in total. The maximum Gasteiger partial charge on any atom is 0.225 e. The summed E-state index contributed by atoms with van der Waals surface area (Å²) in [4.78, 5) is 14.3. The number of piperazine rings is 1. The molecule has 1 unspecified atom stereocenters. The molecule has 1 aliphatic rings. The van der Waals surface area contributed by atoms with E-state index in [4.69, 9.17) is 0 Å². The molecule has 2 aromatic heterocycles. The summed E-state index contributed by atoms with van der Waals surface area (Å²) in [5.74, 6) is 0.822. The first-order valence-corrected chi connectivity index (χ1v) is 6.27. The van der Waals surface area contributed by atoms with Crippen LogP contribution < -0.4 is 10.2 Å². The molecular formula is C13H17N5. The molecule has 18 heavy (non-hydrogen) atoms. The third-order valence-electron chi connectivity index (χ3n) is 3.33. The monoisotopic (exact) mass is 243 g/mol. The van der Waals surface area contributed by atoms with Crippen LogP contribution in [0.1, 0.15) is 6.92 Å². The summed E-state index contributed by atoms with van der Waals surface area (Å²) < 4.78 is 0. The van der Waals surface area contributed by atoms with Crippen LogP contribution in [0.3, 0.4) is 0 Å². The minimum Gasteiger partial charge on any atom is -0.367 e. The van der Waals surface area contributed by atoms with E-state index in [0.29, 0.717) is 6.04 Å². The number of hydrogen-bond acceptors (Lipinski definition) is 4. The highest BCUT2D eigenvalue weighted by Crippen LogP contribution is 2.19. The van der Waals surface area contributed by atoms with Crippen LogP contribution in [0.25, 0.3) is 11.1 Å². The Hall–Kier alpha value is -1.88. The Bertz CT molecular complexity index is 491. The Morgan fingerprint density at radius 3 is 2.78 bits per heavy atom. The highest BCUT2D eigenvalue weighted by molar-refractivity contribution is 5.61. The largest absolute Gasteiger partial charge is 0.367 e. The number of aromatic nitrogens is 3. The highest BCUT2D eigenvalue weighted by Gasteiger charge is 2.20. The van der Waals surface area contributed by atoms with Crippen LogP contribution in [0.2, 0.25) is 0 Å². The smallest absolute Gasteiger partial charge is 0.225 e. The van der Waals surface area contributed by atoms with Crippen LogP contribution in [-0.2, 0) is 0 Å². The van der Waals surface area contributed by atoms with Gasteiger partial charge in [0.25, 0.3) is 0 Å². The first-order chi connectivity index (χ1) is 8.84. The summed E-state index contributed by atoms with van der Waals surface area (Å²) in [6, 6.07) is 2.46. The van der Waals surface area contributed by atoms with E-state index in [1.807, 2.05) is 30.9 Å². The summed E-state index contributed by atoms with van der Waals surface area (Å²) in [5.41, 5.74) is 2.16. The summed E-state index contributed by atoms with van der Waals surface area (Å²) in [5, 5.41) is 3.37. The molecule has 0 aliphatic carbocycles.